The first-order valence-electron chi connectivity index (χ1n) is 12.3. The lowest BCUT2D eigenvalue weighted by molar-refractivity contribution is -0.181. The van der Waals surface area contributed by atoms with Crippen molar-refractivity contribution in [3.8, 4) is 0 Å². The molecule has 3 heterocycles. The average Bonchev–Trinajstić information content (AvgIpc) is 3.64. The summed E-state index contributed by atoms with van der Waals surface area (Å²) in [5.41, 5.74) is 0. The van der Waals surface area contributed by atoms with Gasteiger partial charge in [-0.1, -0.05) is 0 Å². The maximum atomic E-state index is 6.14. The van der Waals surface area contributed by atoms with Gasteiger partial charge < -0.3 is 37.9 Å². The highest BCUT2D eigenvalue weighted by molar-refractivity contribution is 4.82. The molecule has 0 radical (unpaired) electrons. The van der Waals surface area contributed by atoms with E-state index in [1.165, 1.54) is 12.8 Å². The predicted molar refractivity (Wildman–Crippen MR) is 112 cm³/mol. The van der Waals surface area contributed by atoms with Crippen molar-refractivity contribution in [3.63, 3.8) is 0 Å². The summed E-state index contributed by atoms with van der Waals surface area (Å²) in [6.07, 6.45) is 9.72. The summed E-state index contributed by atoms with van der Waals surface area (Å²) in [6, 6.07) is 0. The van der Waals surface area contributed by atoms with Crippen molar-refractivity contribution in [3.05, 3.63) is 0 Å². The Balaban J connectivity index is 1.13. The van der Waals surface area contributed by atoms with E-state index in [0.717, 1.165) is 64.8 Å². The molecule has 0 aromatic carbocycles. The van der Waals surface area contributed by atoms with Crippen LogP contribution in [-0.2, 0) is 37.9 Å². The van der Waals surface area contributed by atoms with Crippen LogP contribution in [0.1, 0.15) is 57.8 Å². The standard InChI is InChI=1S/C23H40O8/c1-3-7-26-22(5-1)28-11-9-24-18-13-19(15-20(14-18)30-16-21-17-31-21)25-10-12-29-23-6-2-4-8-27-23/h18-23H,1-17H2. The summed E-state index contributed by atoms with van der Waals surface area (Å²) in [6.45, 7) is 5.32. The second-order valence-corrected chi connectivity index (χ2v) is 8.94. The van der Waals surface area contributed by atoms with Crippen LogP contribution in [-0.4, -0.2) is 89.9 Å². The second kappa shape index (κ2) is 13.4. The minimum Gasteiger partial charge on any atom is -0.376 e. The molecule has 8 nitrogen and oxygen atoms in total. The summed E-state index contributed by atoms with van der Waals surface area (Å²) in [5.74, 6) is 0. The van der Waals surface area contributed by atoms with Crippen LogP contribution >= 0.6 is 0 Å². The Bertz CT molecular complexity index is 442. The molecular formula is C23H40O8. The van der Waals surface area contributed by atoms with E-state index in [2.05, 4.69) is 0 Å². The maximum absolute atomic E-state index is 6.14. The van der Waals surface area contributed by atoms with Gasteiger partial charge in [-0.05, 0) is 57.8 Å². The van der Waals surface area contributed by atoms with Gasteiger partial charge in [-0.2, -0.15) is 0 Å². The van der Waals surface area contributed by atoms with Gasteiger partial charge in [-0.3, -0.25) is 0 Å². The fourth-order valence-electron chi connectivity index (χ4n) is 4.46. The Kier molecular flexibility index (Phi) is 10.3. The van der Waals surface area contributed by atoms with Crippen LogP contribution in [0.25, 0.3) is 0 Å². The SMILES string of the molecule is C1CCC(OCCOC2CC(OCCOC3CCCCO3)CC(OCC3CO3)C2)OC1. The lowest BCUT2D eigenvalue weighted by Gasteiger charge is -2.35. The second-order valence-electron chi connectivity index (χ2n) is 8.94. The zero-order chi connectivity index (χ0) is 21.1. The number of hydrogen-bond acceptors (Lipinski definition) is 8. The third-order valence-electron chi connectivity index (χ3n) is 6.25. The number of ether oxygens (including phenoxy) is 8. The van der Waals surface area contributed by atoms with E-state index >= 15 is 0 Å². The Labute approximate surface area is 186 Å². The lowest BCUT2D eigenvalue weighted by atomic mass is 9.92. The van der Waals surface area contributed by atoms with Crippen molar-refractivity contribution in [1.82, 2.24) is 0 Å². The molecule has 0 aromatic rings. The Morgan fingerprint density at radius 2 is 1.03 bits per heavy atom. The van der Waals surface area contributed by atoms with Crippen LogP contribution in [0.5, 0.6) is 0 Å². The van der Waals surface area contributed by atoms with Crippen molar-refractivity contribution in [2.75, 3.05) is 52.9 Å². The number of rotatable bonds is 13. The summed E-state index contributed by atoms with van der Waals surface area (Å²) < 4.78 is 46.5. The molecule has 8 heteroatoms. The van der Waals surface area contributed by atoms with E-state index in [1.807, 2.05) is 0 Å². The fraction of sp³-hybridized carbons (Fsp3) is 1.00. The van der Waals surface area contributed by atoms with Crippen LogP contribution < -0.4 is 0 Å². The third-order valence-corrected chi connectivity index (χ3v) is 6.25. The van der Waals surface area contributed by atoms with Crippen molar-refractivity contribution < 1.29 is 37.9 Å². The molecule has 0 N–H and O–H groups in total. The monoisotopic (exact) mass is 444 g/mol. The minimum atomic E-state index is -0.0671. The summed E-state index contributed by atoms with van der Waals surface area (Å²) in [4.78, 5) is 0. The topological polar surface area (TPSA) is 77.1 Å². The highest BCUT2D eigenvalue weighted by atomic mass is 16.7. The molecule has 180 valence electrons. The van der Waals surface area contributed by atoms with Crippen molar-refractivity contribution in [2.24, 2.45) is 0 Å². The molecule has 4 aliphatic rings. The molecule has 0 bridgehead atoms. The van der Waals surface area contributed by atoms with Crippen LogP contribution in [0.2, 0.25) is 0 Å². The van der Waals surface area contributed by atoms with Crippen molar-refractivity contribution >= 4 is 0 Å². The number of hydrogen-bond donors (Lipinski definition) is 0. The molecule has 3 aliphatic heterocycles. The molecular weight excluding hydrogens is 404 g/mol. The lowest BCUT2D eigenvalue weighted by Crippen LogP contribution is -2.39. The average molecular weight is 445 g/mol. The Morgan fingerprint density at radius 3 is 1.48 bits per heavy atom. The Hall–Kier alpha value is -0.320. The smallest absolute Gasteiger partial charge is 0.157 e. The largest absolute Gasteiger partial charge is 0.376 e. The summed E-state index contributed by atoms with van der Waals surface area (Å²) in [5, 5.41) is 0. The van der Waals surface area contributed by atoms with Crippen LogP contribution in [0, 0.1) is 0 Å². The highest BCUT2D eigenvalue weighted by Gasteiger charge is 2.33. The van der Waals surface area contributed by atoms with E-state index in [-0.39, 0.29) is 37.0 Å². The van der Waals surface area contributed by atoms with Gasteiger partial charge in [0, 0.05) is 13.2 Å². The third kappa shape index (κ3) is 9.21. The zero-order valence-corrected chi connectivity index (χ0v) is 18.8. The van der Waals surface area contributed by atoms with E-state index in [1.54, 1.807) is 0 Å². The molecule has 1 aliphatic carbocycles. The molecule has 0 amide bonds. The van der Waals surface area contributed by atoms with Crippen molar-refractivity contribution in [2.45, 2.75) is 94.8 Å². The maximum Gasteiger partial charge on any atom is 0.157 e. The molecule has 3 saturated heterocycles. The molecule has 1 saturated carbocycles. The fourth-order valence-corrected chi connectivity index (χ4v) is 4.46. The van der Waals surface area contributed by atoms with Gasteiger partial charge in [0.05, 0.1) is 58.0 Å². The zero-order valence-electron chi connectivity index (χ0n) is 18.8. The minimum absolute atomic E-state index is 0.0671. The number of epoxide rings is 1. The van der Waals surface area contributed by atoms with Gasteiger partial charge >= 0.3 is 0 Å². The Morgan fingerprint density at radius 1 is 0.548 bits per heavy atom. The van der Waals surface area contributed by atoms with Crippen LogP contribution in [0.15, 0.2) is 0 Å². The normalized spacial score (nSPS) is 36.4. The van der Waals surface area contributed by atoms with Gasteiger partial charge in [0.25, 0.3) is 0 Å². The molecule has 4 fully saturated rings. The van der Waals surface area contributed by atoms with Gasteiger partial charge in [0.1, 0.15) is 6.10 Å². The van der Waals surface area contributed by atoms with Gasteiger partial charge in [-0.15, -0.1) is 0 Å². The molecule has 5 unspecified atom stereocenters. The first-order chi connectivity index (χ1) is 15.3. The first kappa shape index (κ1) is 23.8. The molecule has 4 rings (SSSR count). The van der Waals surface area contributed by atoms with Crippen LogP contribution in [0.3, 0.4) is 0 Å². The van der Waals surface area contributed by atoms with Gasteiger partial charge in [0.2, 0.25) is 0 Å². The van der Waals surface area contributed by atoms with E-state index < -0.39 is 0 Å². The van der Waals surface area contributed by atoms with E-state index in [9.17, 15) is 0 Å². The summed E-state index contributed by atoms with van der Waals surface area (Å²) >= 11 is 0. The van der Waals surface area contributed by atoms with Crippen LogP contribution in [0.4, 0.5) is 0 Å². The van der Waals surface area contributed by atoms with E-state index in [4.69, 9.17) is 37.9 Å². The molecule has 31 heavy (non-hydrogen) atoms. The van der Waals surface area contributed by atoms with Gasteiger partial charge in [0.15, 0.2) is 12.6 Å². The quantitative estimate of drug-likeness (QED) is 0.317. The molecule has 5 atom stereocenters. The van der Waals surface area contributed by atoms with Crippen molar-refractivity contribution in [1.29, 1.82) is 0 Å². The van der Waals surface area contributed by atoms with E-state index in [0.29, 0.717) is 33.0 Å². The molecule has 0 spiro atoms. The molecule has 0 aromatic heterocycles. The highest BCUT2D eigenvalue weighted by Crippen LogP contribution is 2.27. The van der Waals surface area contributed by atoms with Gasteiger partial charge in [-0.25, -0.2) is 0 Å². The summed E-state index contributed by atoms with van der Waals surface area (Å²) in [7, 11) is 0. The first-order valence-corrected chi connectivity index (χ1v) is 12.3. The predicted octanol–water partition coefficient (Wildman–Crippen LogP) is 2.81.